The van der Waals surface area contributed by atoms with Crippen LogP contribution in [-0.2, 0) is 0 Å². The Labute approximate surface area is 163 Å². The minimum atomic E-state index is -0.912. The zero-order valence-corrected chi connectivity index (χ0v) is 15.7. The number of carboxylic acids is 1. The maximum Gasteiger partial charge on any atom is 0.335 e. The standard InChI is InChI=1S/C25H19NO2/c1-3-7-19-15-26(20-12-13-21(25(27)28)17(2)14-20)16-24(19)23-11-6-9-18-8-4-5-10-22(18)23/h4-6,8-16H,1-2H3,(H,27,28). The molecule has 1 N–H and O–H groups in total. The normalized spacial score (nSPS) is 10.5. The number of carboxylic acid groups (broad SMARTS) is 1. The zero-order valence-electron chi connectivity index (χ0n) is 15.7. The van der Waals surface area contributed by atoms with Crippen molar-refractivity contribution < 1.29 is 9.90 Å². The summed E-state index contributed by atoms with van der Waals surface area (Å²) in [6.07, 6.45) is 4.07. The van der Waals surface area contributed by atoms with Crippen molar-refractivity contribution in [3.63, 3.8) is 0 Å². The lowest BCUT2D eigenvalue weighted by atomic mass is 9.98. The molecular weight excluding hydrogens is 346 g/mol. The van der Waals surface area contributed by atoms with Crippen LogP contribution in [-0.4, -0.2) is 15.6 Å². The monoisotopic (exact) mass is 365 g/mol. The van der Waals surface area contributed by atoms with Gasteiger partial charge in [0.05, 0.1) is 11.1 Å². The average Bonchev–Trinajstić information content (AvgIpc) is 3.11. The molecule has 3 aromatic carbocycles. The number of hydrogen-bond acceptors (Lipinski definition) is 1. The topological polar surface area (TPSA) is 42.2 Å². The van der Waals surface area contributed by atoms with Gasteiger partial charge in [-0.3, -0.25) is 0 Å². The number of aromatic nitrogens is 1. The summed E-state index contributed by atoms with van der Waals surface area (Å²) >= 11 is 0. The van der Waals surface area contributed by atoms with Crippen molar-refractivity contribution in [3.8, 4) is 28.7 Å². The Morgan fingerprint density at radius 1 is 0.964 bits per heavy atom. The summed E-state index contributed by atoms with van der Waals surface area (Å²) in [6, 6.07) is 20.0. The van der Waals surface area contributed by atoms with Gasteiger partial charge in [-0.25, -0.2) is 4.79 Å². The van der Waals surface area contributed by atoms with Crippen LogP contribution >= 0.6 is 0 Å². The number of fused-ring (bicyclic) bond motifs is 1. The number of aromatic carboxylic acids is 1. The highest BCUT2D eigenvalue weighted by molar-refractivity contribution is 5.98. The van der Waals surface area contributed by atoms with E-state index in [9.17, 15) is 9.90 Å². The van der Waals surface area contributed by atoms with Crippen molar-refractivity contribution >= 4 is 16.7 Å². The van der Waals surface area contributed by atoms with Crippen molar-refractivity contribution in [1.29, 1.82) is 0 Å². The molecule has 0 atom stereocenters. The number of nitrogens with zero attached hydrogens (tertiary/aromatic N) is 1. The molecule has 136 valence electrons. The molecule has 3 nitrogen and oxygen atoms in total. The molecular formula is C25H19NO2. The molecule has 0 saturated heterocycles. The van der Waals surface area contributed by atoms with E-state index in [0.717, 1.165) is 27.9 Å². The van der Waals surface area contributed by atoms with E-state index in [-0.39, 0.29) is 0 Å². The molecule has 0 bridgehead atoms. The van der Waals surface area contributed by atoms with Gasteiger partial charge in [-0.1, -0.05) is 48.4 Å². The fraction of sp³-hybridized carbons (Fsp3) is 0.0800. The highest BCUT2D eigenvalue weighted by atomic mass is 16.4. The van der Waals surface area contributed by atoms with E-state index in [0.29, 0.717) is 5.56 Å². The maximum atomic E-state index is 11.3. The molecule has 0 saturated carbocycles. The van der Waals surface area contributed by atoms with Crippen LogP contribution in [0.5, 0.6) is 0 Å². The first-order valence-corrected chi connectivity index (χ1v) is 9.05. The molecule has 4 aromatic rings. The predicted molar refractivity (Wildman–Crippen MR) is 113 cm³/mol. The predicted octanol–water partition coefficient (Wildman–Crippen LogP) is 5.68. The molecule has 0 aliphatic rings. The van der Waals surface area contributed by atoms with E-state index in [2.05, 4.69) is 48.4 Å². The van der Waals surface area contributed by atoms with E-state index in [1.54, 1.807) is 6.07 Å². The van der Waals surface area contributed by atoms with Crippen molar-refractivity contribution in [2.75, 3.05) is 0 Å². The van der Waals surface area contributed by atoms with Crippen LogP contribution in [0.25, 0.3) is 27.6 Å². The number of aryl methyl sites for hydroxylation is 1. The molecule has 0 unspecified atom stereocenters. The number of carbonyl (C=O) groups is 1. The largest absolute Gasteiger partial charge is 0.478 e. The van der Waals surface area contributed by atoms with Gasteiger partial charge in [-0.2, -0.15) is 0 Å². The summed E-state index contributed by atoms with van der Waals surface area (Å²) in [4.78, 5) is 11.3. The quantitative estimate of drug-likeness (QED) is 0.475. The summed E-state index contributed by atoms with van der Waals surface area (Å²) in [5.41, 5.74) is 5.10. The molecule has 3 heteroatoms. The van der Waals surface area contributed by atoms with Gasteiger partial charge in [-0.05, 0) is 53.9 Å². The van der Waals surface area contributed by atoms with Crippen LogP contribution < -0.4 is 0 Å². The van der Waals surface area contributed by atoms with Gasteiger partial charge in [0.1, 0.15) is 0 Å². The Morgan fingerprint density at radius 3 is 2.50 bits per heavy atom. The minimum Gasteiger partial charge on any atom is -0.478 e. The summed E-state index contributed by atoms with van der Waals surface area (Å²) in [7, 11) is 0. The van der Waals surface area contributed by atoms with Crippen molar-refractivity contribution in [2.24, 2.45) is 0 Å². The Bertz CT molecular complexity index is 1260. The minimum absolute atomic E-state index is 0.318. The van der Waals surface area contributed by atoms with Gasteiger partial charge in [0.15, 0.2) is 0 Å². The van der Waals surface area contributed by atoms with Gasteiger partial charge < -0.3 is 9.67 Å². The van der Waals surface area contributed by atoms with Crippen LogP contribution in [0.4, 0.5) is 0 Å². The van der Waals surface area contributed by atoms with E-state index in [4.69, 9.17) is 0 Å². The third kappa shape index (κ3) is 3.06. The van der Waals surface area contributed by atoms with Crippen LogP contribution in [0.2, 0.25) is 0 Å². The van der Waals surface area contributed by atoms with E-state index >= 15 is 0 Å². The Kier molecular flexibility index (Phi) is 4.47. The molecule has 0 radical (unpaired) electrons. The fourth-order valence-corrected chi connectivity index (χ4v) is 3.56. The molecule has 1 aromatic heterocycles. The zero-order chi connectivity index (χ0) is 19.7. The Morgan fingerprint density at radius 2 is 1.75 bits per heavy atom. The lowest BCUT2D eigenvalue weighted by Gasteiger charge is -2.07. The lowest BCUT2D eigenvalue weighted by Crippen LogP contribution is -2.01. The van der Waals surface area contributed by atoms with E-state index < -0.39 is 5.97 Å². The second-order valence-electron chi connectivity index (χ2n) is 6.70. The van der Waals surface area contributed by atoms with Crippen LogP contribution in [0.15, 0.2) is 73.1 Å². The molecule has 0 fully saturated rings. The Hall–Kier alpha value is -3.77. The maximum absolute atomic E-state index is 11.3. The number of hydrogen-bond donors (Lipinski definition) is 1. The molecule has 4 rings (SSSR count). The average molecular weight is 365 g/mol. The molecule has 0 spiro atoms. The van der Waals surface area contributed by atoms with E-state index in [1.165, 1.54) is 10.8 Å². The number of benzene rings is 3. The van der Waals surface area contributed by atoms with Gasteiger partial charge in [0, 0.05) is 23.6 Å². The van der Waals surface area contributed by atoms with E-state index in [1.807, 2.05) is 48.9 Å². The molecule has 0 aliphatic carbocycles. The summed E-state index contributed by atoms with van der Waals surface area (Å²) < 4.78 is 2.01. The van der Waals surface area contributed by atoms with Crippen LogP contribution in [0.1, 0.15) is 28.4 Å². The van der Waals surface area contributed by atoms with Crippen LogP contribution in [0.3, 0.4) is 0 Å². The first-order chi connectivity index (χ1) is 13.6. The first kappa shape index (κ1) is 17.6. The highest BCUT2D eigenvalue weighted by Crippen LogP contribution is 2.32. The number of rotatable bonds is 3. The molecule has 0 amide bonds. The molecule has 1 heterocycles. The summed E-state index contributed by atoms with van der Waals surface area (Å²) in [5, 5.41) is 11.6. The third-order valence-electron chi connectivity index (χ3n) is 4.90. The fourth-order valence-electron chi connectivity index (χ4n) is 3.56. The highest BCUT2D eigenvalue weighted by Gasteiger charge is 2.13. The SMILES string of the molecule is CC#Cc1cn(-c2ccc(C(=O)O)c(C)c2)cc1-c1cccc2ccccc12. The summed E-state index contributed by atoms with van der Waals surface area (Å²) in [5.74, 6) is 5.30. The third-order valence-corrected chi connectivity index (χ3v) is 4.90. The van der Waals surface area contributed by atoms with Crippen molar-refractivity contribution in [1.82, 2.24) is 4.57 Å². The van der Waals surface area contributed by atoms with Gasteiger partial charge in [0.25, 0.3) is 0 Å². The van der Waals surface area contributed by atoms with Crippen LogP contribution in [0, 0.1) is 18.8 Å². The van der Waals surface area contributed by atoms with Crippen molar-refractivity contribution in [2.45, 2.75) is 13.8 Å². The Balaban J connectivity index is 1.90. The van der Waals surface area contributed by atoms with Crippen molar-refractivity contribution in [3.05, 3.63) is 89.7 Å². The van der Waals surface area contributed by atoms with Gasteiger partial charge >= 0.3 is 5.97 Å². The van der Waals surface area contributed by atoms with Gasteiger partial charge in [0.2, 0.25) is 0 Å². The molecule has 0 aliphatic heterocycles. The molecule has 28 heavy (non-hydrogen) atoms. The lowest BCUT2D eigenvalue weighted by molar-refractivity contribution is 0.0696. The summed E-state index contributed by atoms with van der Waals surface area (Å²) in [6.45, 7) is 3.64. The second-order valence-corrected chi connectivity index (χ2v) is 6.70. The smallest absolute Gasteiger partial charge is 0.335 e. The first-order valence-electron chi connectivity index (χ1n) is 9.05. The van der Waals surface area contributed by atoms with Gasteiger partial charge in [-0.15, -0.1) is 5.92 Å². The second kappa shape index (κ2) is 7.09.